The second-order valence-corrected chi connectivity index (χ2v) is 10.8. The fraction of sp³-hybridized carbons (Fsp3) is 0.409. The van der Waals surface area contributed by atoms with Crippen LogP contribution in [0.3, 0.4) is 0 Å². The molecule has 0 radical (unpaired) electrons. The molecule has 2 unspecified atom stereocenters. The smallest absolute Gasteiger partial charge is 0.255 e. The molecular weight excluding hydrogens is 431 g/mol. The van der Waals surface area contributed by atoms with E-state index in [9.17, 15) is 31.5 Å². The maximum atomic E-state index is 13.4. The Bertz CT molecular complexity index is 1110. The molecule has 0 aliphatic heterocycles. The third-order valence-electron chi connectivity index (χ3n) is 6.72. The minimum atomic E-state index is -3.75. The number of carbonyl (C=O) groups is 1. The van der Waals surface area contributed by atoms with Gasteiger partial charge in [0.2, 0.25) is 0 Å². The maximum Gasteiger partial charge on any atom is 0.255 e. The Morgan fingerprint density at radius 1 is 1.06 bits per heavy atom. The molecule has 9 heteroatoms. The van der Waals surface area contributed by atoms with Crippen LogP contribution in [0.25, 0.3) is 0 Å². The Labute approximate surface area is 178 Å². The fourth-order valence-corrected chi connectivity index (χ4v) is 6.77. The summed E-state index contributed by atoms with van der Waals surface area (Å²) in [5.41, 5.74) is -1.16. The zero-order valence-electron chi connectivity index (χ0n) is 16.7. The molecule has 166 valence electrons. The Balaban J connectivity index is 1.56. The molecule has 2 saturated carbocycles. The number of hydrogen-bond acceptors (Lipinski definition) is 4. The summed E-state index contributed by atoms with van der Waals surface area (Å²) in [6.07, 6.45) is 2.29. The van der Waals surface area contributed by atoms with E-state index in [-0.39, 0.29) is 28.0 Å². The first-order chi connectivity index (χ1) is 14.5. The van der Waals surface area contributed by atoms with Gasteiger partial charge in [-0.15, -0.1) is 0 Å². The van der Waals surface area contributed by atoms with Crippen LogP contribution in [0.5, 0.6) is 0 Å². The van der Waals surface area contributed by atoms with E-state index in [2.05, 4.69) is 5.32 Å². The number of carbonyl (C=O) groups excluding carboxylic acids is 1. The molecule has 0 saturated heterocycles. The Morgan fingerprint density at radius 2 is 1.65 bits per heavy atom. The number of amides is 1. The molecular formula is C22H22F3NO4S. The molecule has 1 amide bonds. The van der Waals surface area contributed by atoms with Crippen molar-refractivity contribution < 1.29 is 31.5 Å². The summed E-state index contributed by atoms with van der Waals surface area (Å²) in [5, 5.41) is 12.2. The van der Waals surface area contributed by atoms with E-state index in [0.717, 1.165) is 12.8 Å². The van der Waals surface area contributed by atoms with Crippen LogP contribution in [0.1, 0.15) is 43.0 Å². The highest BCUT2D eigenvalue weighted by Gasteiger charge is 2.52. The first kappa shape index (κ1) is 21.8. The molecule has 0 heterocycles. The monoisotopic (exact) mass is 453 g/mol. The van der Waals surface area contributed by atoms with Gasteiger partial charge < -0.3 is 10.4 Å². The number of hydrogen-bond donors (Lipinski definition) is 2. The van der Waals surface area contributed by atoms with Gasteiger partial charge in [-0.05, 0) is 62.6 Å². The zero-order chi connectivity index (χ0) is 22.6. The van der Waals surface area contributed by atoms with Crippen LogP contribution in [0.2, 0.25) is 0 Å². The van der Waals surface area contributed by atoms with Gasteiger partial charge in [-0.3, -0.25) is 4.79 Å². The average Bonchev–Trinajstić information content (AvgIpc) is 2.88. The molecule has 2 aliphatic rings. The van der Waals surface area contributed by atoms with Crippen LogP contribution >= 0.6 is 0 Å². The third kappa shape index (κ3) is 3.85. The normalized spacial score (nSPS) is 27.8. The quantitative estimate of drug-likeness (QED) is 0.684. The number of sulfone groups is 1. The molecule has 5 nitrogen and oxygen atoms in total. The highest BCUT2D eigenvalue weighted by atomic mass is 32.2. The SMILES string of the molecule is C[C@@]1(O)C2CC[C@H]1CC(S(=O)(=O)c1cccc(C(=O)Nc3cc(F)c(F)c(F)c3)c1)C2. The highest BCUT2D eigenvalue weighted by molar-refractivity contribution is 7.92. The van der Waals surface area contributed by atoms with E-state index in [4.69, 9.17) is 0 Å². The fourth-order valence-electron chi connectivity index (χ4n) is 4.86. The van der Waals surface area contributed by atoms with E-state index in [1.807, 2.05) is 0 Å². The summed E-state index contributed by atoms with van der Waals surface area (Å²) >= 11 is 0. The standard InChI is InChI=1S/C22H22F3NO4S/c1-22(28)13-5-6-14(22)9-17(8-13)31(29,30)16-4-2-3-12(7-16)21(27)26-15-10-18(23)20(25)19(24)11-15/h2-4,7,10-11,13-14,17,28H,5-6,8-9H2,1H3,(H,26,27)/t13-,14?,17?,22-/m0/s1. The number of aliphatic hydroxyl groups is 1. The second kappa shape index (κ2) is 7.63. The summed E-state index contributed by atoms with van der Waals surface area (Å²) in [4.78, 5) is 12.5. The number of fused-ring (bicyclic) bond motifs is 2. The minimum Gasteiger partial charge on any atom is -0.390 e. The molecule has 2 aromatic carbocycles. The molecule has 4 rings (SSSR count). The molecule has 0 aromatic heterocycles. The van der Waals surface area contributed by atoms with Crippen molar-refractivity contribution in [2.45, 2.75) is 48.4 Å². The van der Waals surface area contributed by atoms with Crippen molar-refractivity contribution in [1.82, 2.24) is 0 Å². The molecule has 2 bridgehead atoms. The van der Waals surface area contributed by atoms with E-state index < -0.39 is 44.0 Å². The molecule has 2 aliphatic carbocycles. The van der Waals surface area contributed by atoms with E-state index >= 15 is 0 Å². The lowest BCUT2D eigenvalue weighted by Gasteiger charge is -2.39. The van der Waals surface area contributed by atoms with Crippen molar-refractivity contribution in [3.05, 3.63) is 59.4 Å². The molecule has 31 heavy (non-hydrogen) atoms. The van der Waals surface area contributed by atoms with Crippen LogP contribution in [0.15, 0.2) is 41.3 Å². The number of halogens is 3. The largest absolute Gasteiger partial charge is 0.390 e. The summed E-state index contributed by atoms with van der Waals surface area (Å²) in [7, 11) is -3.75. The van der Waals surface area contributed by atoms with Gasteiger partial charge in [-0.1, -0.05) is 6.07 Å². The van der Waals surface area contributed by atoms with Gasteiger partial charge in [0.05, 0.1) is 15.7 Å². The van der Waals surface area contributed by atoms with Gasteiger partial charge in [-0.25, -0.2) is 21.6 Å². The van der Waals surface area contributed by atoms with Crippen molar-refractivity contribution in [2.75, 3.05) is 5.32 Å². The molecule has 2 aromatic rings. The lowest BCUT2D eigenvalue weighted by Crippen LogP contribution is -2.45. The van der Waals surface area contributed by atoms with Crippen LogP contribution in [-0.2, 0) is 9.84 Å². The van der Waals surface area contributed by atoms with E-state index in [1.54, 1.807) is 6.92 Å². The first-order valence-electron chi connectivity index (χ1n) is 10.0. The third-order valence-corrected chi connectivity index (χ3v) is 8.89. The summed E-state index contributed by atoms with van der Waals surface area (Å²) in [6.45, 7) is 1.77. The Morgan fingerprint density at radius 3 is 2.23 bits per heavy atom. The Hall–Kier alpha value is -2.39. The van der Waals surface area contributed by atoms with Crippen molar-refractivity contribution in [2.24, 2.45) is 11.8 Å². The van der Waals surface area contributed by atoms with Crippen LogP contribution in [-0.4, -0.2) is 30.3 Å². The molecule has 2 N–H and O–H groups in total. The van der Waals surface area contributed by atoms with Crippen LogP contribution in [0.4, 0.5) is 18.9 Å². The van der Waals surface area contributed by atoms with Gasteiger partial charge in [0.25, 0.3) is 5.91 Å². The summed E-state index contributed by atoms with van der Waals surface area (Å²) < 4.78 is 66.3. The van der Waals surface area contributed by atoms with Crippen LogP contribution < -0.4 is 5.32 Å². The van der Waals surface area contributed by atoms with E-state index in [0.29, 0.717) is 25.0 Å². The van der Waals surface area contributed by atoms with Gasteiger partial charge in [0, 0.05) is 23.4 Å². The van der Waals surface area contributed by atoms with Gasteiger partial charge in [-0.2, -0.15) is 0 Å². The second-order valence-electron chi connectivity index (χ2n) is 8.57. The zero-order valence-corrected chi connectivity index (χ0v) is 17.6. The Kier molecular flexibility index (Phi) is 5.37. The van der Waals surface area contributed by atoms with Crippen molar-refractivity contribution in [3.8, 4) is 0 Å². The number of nitrogens with one attached hydrogen (secondary N) is 1. The van der Waals surface area contributed by atoms with Crippen molar-refractivity contribution in [3.63, 3.8) is 0 Å². The predicted molar refractivity (Wildman–Crippen MR) is 108 cm³/mol. The highest BCUT2D eigenvalue weighted by Crippen LogP contribution is 2.51. The maximum absolute atomic E-state index is 13.4. The summed E-state index contributed by atoms with van der Waals surface area (Å²) in [5.74, 6) is -5.49. The van der Waals surface area contributed by atoms with Gasteiger partial charge >= 0.3 is 0 Å². The predicted octanol–water partition coefficient (Wildman–Crippen LogP) is 4.07. The topological polar surface area (TPSA) is 83.5 Å². The number of benzene rings is 2. The molecule has 0 spiro atoms. The molecule has 4 atom stereocenters. The average molecular weight is 453 g/mol. The molecule has 2 fully saturated rings. The van der Waals surface area contributed by atoms with Crippen molar-refractivity contribution >= 4 is 21.4 Å². The summed E-state index contributed by atoms with van der Waals surface area (Å²) in [6, 6.07) is 6.69. The van der Waals surface area contributed by atoms with Gasteiger partial charge in [0.15, 0.2) is 27.3 Å². The van der Waals surface area contributed by atoms with Crippen LogP contribution in [0, 0.1) is 29.3 Å². The lowest BCUT2D eigenvalue weighted by atomic mass is 9.76. The van der Waals surface area contributed by atoms with Crippen molar-refractivity contribution in [1.29, 1.82) is 0 Å². The van der Waals surface area contributed by atoms with E-state index in [1.165, 1.54) is 24.3 Å². The van der Waals surface area contributed by atoms with Gasteiger partial charge in [0.1, 0.15) is 0 Å². The lowest BCUT2D eigenvalue weighted by molar-refractivity contribution is -0.0413. The number of rotatable bonds is 4. The first-order valence-corrected chi connectivity index (χ1v) is 11.6. The number of anilines is 1. The minimum absolute atomic E-state index is 0.0167.